The minimum absolute atomic E-state index is 0.186. The predicted octanol–water partition coefficient (Wildman–Crippen LogP) is 7.58. The fourth-order valence-corrected chi connectivity index (χ4v) is 6.49. The Hall–Kier alpha value is -0.203. The number of allylic oxidation sites excluding steroid dienone is 1. The summed E-state index contributed by atoms with van der Waals surface area (Å²) in [5.41, 5.74) is 7.12. The Balaban J connectivity index is 1.87. The van der Waals surface area contributed by atoms with Crippen molar-refractivity contribution < 1.29 is 13.9 Å². The normalized spacial score (nSPS) is 31.6. The Morgan fingerprint density at radius 2 is 1.85 bits per heavy atom. The molecule has 0 aromatic rings. The summed E-state index contributed by atoms with van der Waals surface area (Å²) in [5, 5.41) is 0.240. The molecule has 2 N–H and O–H groups in total. The van der Waals surface area contributed by atoms with E-state index in [1.807, 2.05) is 0 Å². The highest BCUT2D eigenvalue weighted by Gasteiger charge is 2.44. The van der Waals surface area contributed by atoms with E-state index in [9.17, 15) is 0 Å². The first-order valence-corrected chi connectivity index (χ1v) is 16.6. The molecule has 4 nitrogen and oxygen atoms in total. The molecule has 0 unspecified atom stereocenters. The SMILES string of the molecule is C/C(=C\[C@@H](C)CC[C@H]1CCC[C@]2(CC[C@H](C)[C@@H](CCCN)O2)O1)[C@H](C)O[Si](C)(C)C(C)(C)C. The molecule has 2 rings (SSSR count). The summed E-state index contributed by atoms with van der Waals surface area (Å²) in [4.78, 5) is 0. The van der Waals surface area contributed by atoms with E-state index < -0.39 is 8.32 Å². The third kappa shape index (κ3) is 8.45. The summed E-state index contributed by atoms with van der Waals surface area (Å²) in [6, 6.07) is 0. The van der Waals surface area contributed by atoms with E-state index in [0.717, 1.165) is 51.5 Å². The third-order valence-corrected chi connectivity index (χ3v) is 13.1. The Kier molecular flexibility index (Phi) is 10.7. The Bertz CT molecular complexity index is 629. The smallest absolute Gasteiger partial charge is 0.192 e. The lowest BCUT2D eigenvalue weighted by Gasteiger charge is -2.48. The molecular weight excluding hydrogens is 426 g/mol. The van der Waals surface area contributed by atoms with E-state index in [0.29, 0.717) is 24.0 Å². The highest BCUT2D eigenvalue weighted by atomic mass is 28.4. The summed E-state index contributed by atoms with van der Waals surface area (Å²) < 4.78 is 19.9. The van der Waals surface area contributed by atoms with Crippen LogP contribution in [0.1, 0.15) is 106 Å². The van der Waals surface area contributed by atoms with Crippen LogP contribution in [0.4, 0.5) is 0 Å². The largest absolute Gasteiger partial charge is 0.411 e. The van der Waals surface area contributed by atoms with Gasteiger partial charge in [-0.3, -0.25) is 0 Å². The fraction of sp³-hybridized carbons (Fsp3) is 0.929. The molecule has 0 aromatic heterocycles. The van der Waals surface area contributed by atoms with E-state index in [1.165, 1.54) is 18.4 Å². The number of rotatable bonds is 10. The average molecular weight is 482 g/mol. The molecule has 33 heavy (non-hydrogen) atoms. The molecule has 0 saturated carbocycles. The van der Waals surface area contributed by atoms with E-state index in [-0.39, 0.29) is 16.9 Å². The first-order chi connectivity index (χ1) is 15.3. The van der Waals surface area contributed by atoms with E-state index in [4.69, 9.17) is 19.6 Å². The van der Waals surface area contributed by atoms with Gasteiger partial charge in [-0.2, -0.15) is 0 Å². The summed E-state index contributed by atoms with van der Waals surface area (Å²) in [7, 11) is -1.75. The maximum atomic E-state index is 6.69. The topological polar surface area (TPSA) is 53.7 Å². The lowest BCUT2D eigenvalue weighted by atomic mass is 9.85. The molecule has 2 fully saturated rings. The van der Waals surface area contributed by atoms with Gasteiger partial charge in [0.05, 0.1) is 18.3 Å². The minimum atomic E-state index is -1.75. The molecule has 0 amide bonds. The van der Waals surface area contributed by atoms with Crippen molar-refractivity contribution in [3.8, 4) is 0 Å². The van der Waals surface area contributed by atoms with Gasteiger partial charge in [0.2, 0.25) is 0 Å². The maximum Gasteiger partial charge on any atom is 0.192 e. The van der Waals surface area contributed by atoms with Crippen molar-refractivity contribution in [1.29, 1.82) is 0 Å². The van der Waals surface area contributed by atoms with Gasteiger partial charge in [-0.15, -0.1) is 0 Å². The lowest BCUT2D eigenvalue weighted by molar-refractivity contribution is -0.324. The van der Waals surface area contributed by atoms with E-state index in [1.54, 1.807) is 0 Å². The average Bonchev–Trinajstić information content (AvgIpc) is 2.72. The van der Waals surface area contributed by atoms with Crippen molar-refractivity contribution in [3.05, 3.63) is 11.6 Å². The van der Waals surface area contributed by atoms with Gasteiger partial charge in [0.1, 0.15) is 0 Å². The molecular formula is C28H55NO3Si. The van der Waals surface area contributed by atoms with Crippen LogP contribution < -0.4 is 5.73 Å². The number of ether oxygens (including phenoxy) is 2. The number of hydrogen-bond acceptors (Lipinski definition) is 4. The highest BCUT2D eigenvalue weighted by Crippen LogP contribution is 2.43. The first kappa shape index (κ1) is 29.0. The summed E-state index contributed by atoms with van der Waals surface area (Å²) in [6.07, 6.45) is 13.3. The first-order valence-electron chi connectivity index (χ1n) is 13.7. The summed E-state index contributed by atoms with van der Waals surface area (Å²) >= 11 is 0. The molecule has 0 radical (unpaired) electrons. The van der Waals surface area contributed by atoms with Crippen LogP contribution in [-0.4, -0.2) is 39.0 Å². The van der Waals surface area contributed by atoms with Crippen molar-refractivity contribution in [2.45, 2.75) is 148 Å². The van der Waals surface area contributed by atoms with Crippen molar-refractivity contribution >= 4 is 8.32 Å². The second kappa shape index (κ2) is 12.2. The zero-order chi connectivity index (χ0) is 24.9. The van der Waals surface area contributed by atoms with Crippen LogP contribution in [0.25, 0.3) is 0 Å². The molecule has 2 aliphatic rings. The molecule has 2 heterocycles. The zero-order valence-corrected chi connectivity index (χ0v) is 24.3. The fourth-order valence-electron chi connectivity index (χ4n) is 5.07. The van der Waals surface area contributed by atoms with Gasteiger partial charge in [-0.1, -0.05) is 40.7 Å². The zero-order valence-electron chi connectivity index (χ0n) is 23.3. The second-order valence-corrected chi connectivity index (χ2v) is 17.4. The van der Waals surface area contributed by atoms with Gasteiger partial charge in [-0.05, 0) is 101 Å². The molecule has 1 spiro atoms. The van der Waals surface area contributed by atoms with Crippen LogP contribution in [0.5, 0.6) is 0 Å². The van der Waals surface area contributed by atoms with Crippen LogP contribution in [0, 0.1) is 11.8 Å². The maximum absolute atomic E-state index is 6.69. The molecule has 0 bridgehead atoms. The van der Waals surface area contributed by atoms with E-state index in [2.05, 4.69) is 67.6 Å². The molecule has 6 atom stereocenters. The van der Waals surface area contributed by atoms with Crippen LogP contribution in [0.2, 0.25) is 18.1 Å². The monoisotopic (exact) mass is 481 g/mol. The van der Waals surface area contributed by atoms with Crippen LogP contribution in [0.15, 0.2) is 11.6 Å². The Labute approximate surface area is 206 Å². The third-order valence-electron chi connectivity index (χ3n) is 8.55. The standard InChI is InChI=1S/C28H55NO3Si/c1-21(20-23(3)24(4)32-33(8,9)27(5,6)7)14-15-25-12-10-17-28(30-25)18-16-22(2)26(31-28)13-11-19-29/h20-22,24-26H,10-19,29H2,1-9H3/b23-20+/t21-,22-,24-,25+,26+,28-/m0/s1. The quantitative estimate of drug-likeness (QED) is 0.258. The molecule has 194 valence electrons. The lowest BCUT2D eigenvalue weighted by Crippen LogP contribution is -2.50. The van der Waals surface area contributed by atoms with E-state index >= 15 is 0 Å². The molecule has 2 saturated heterocycles. The summed E-state index contributed by atoms with van der Waals surface area (Å²) in [6.45, 7) is 21.5. The second-order valence-electron chi connectivity index (χ2n) is 12.6. The Morgan fingerprint density at radius 1 is 1.15 bits per heavy atom. The molecule has 5 heteroatoms. The van der Waals surface area contributed by atoms with Gasteiger partial charge in [0, 0.05) is 12.8 Å². The van der Waals surface area contributed by atoms with Crippen LogP contribution in [0.3, 0.4) is 0 Å². The number of hydrogen-bond donors (Lipinski definition) is 1. The highest BCUT2D eigenvalue weighted by molar-refractivity contribution is 6.74. The van der Waals surface area contributed by atoms with Gasteiger partial charge < -0.3 is 19.6 Å². The Morgan fingerprint density at radius 3 is 2.48 bits per heavy atom. The number of nitrogens with two attached hydrogens (primary N) is 1. The van der Waals surface area contributed by atoms with Crippen LogP contribution in [-0.2, 0) is 13.9 Å². The van der Waals surface area contributed by atoms with Crippen molar-refractivity contribution in [2.75, 3.05) is 6.54 Å². The van der Waals surface area contributed by atoms with Crippen molar-refractivity contribution in [2.24, 2.45) is 17.6 Å². The molecule has 0 aromatic carbocycles. The summed E-state index contributed by atoms with van der Waals surface area (Å²) in [5.74, 6) is 0.797. The van der Waals surface area contributed by atoms with Gasteiger partial charge in [0.15, 0.2) is 14.1 Å². The molecule has 2 aliphatic heterocycles. The van der Waals surface area contributed by atoms with Gasteiger partial charge in [0.25, 0.3) is 0 Å². The minimum Gasteiger partial charge on any atom is -0.411 e. The predicted molar refractivity (Wildman–Crippen MR) is 143 cm³/mol. The molecule has 0 aliphatic carbocycles. The van der Waals surface area contributed by atoms with Crippen LogP contribution >= 0.6 is 0 Å². The van der Waals surface area contributed by atoms with Crippen molar-refractivity contribution in [1.82, 2.24) is 0 Å². The van der Waals surface area contributed by atoms with Gasteiger partial charge >= 0.3 is 0 Å². The van der Waals surface area contributed by atoms with Gasteiger partial charge in [-0.25, -0.2) is 0 Å². The van der Waals surface area contributed by atoms with Crippen molar-refractivity contribution in [3.63, 3.8) is 0 Å².